The Balaban J connectivity index is 1.64. The standard InChI is InChI=1S/C27H29N3O4S/c1-4-19-13-14-24-22(15-19)20-9-6-8-12-25(20)35(33,34)30(24)17-26(31)29-23-11-7-5-10-21(23)27(32)28-16-18(2)3/h5-15,18H,4,16-17H2,1-3H3,(H,28,32)(H,29,31). The number of para-hydroxylation sites is 1. The minimum absolute atomic E-state index is 0.169. The normalized spacial score (nSPS) is 13.7. The minimum atomic E-state index is -3.95. The van der Waals surface area contributed by atoms with Crippen LogP contribution in [-0.2, 0) is 21.2 Å². The quantitative estimate of drug-likeness (QED) is 0.510. The van der Waals surface area contributed by atoms with Crippen LogP contribution >= 0.6 is 0 Å². The largest absolute Gasteiger partial charge is 0.352 e. The van der Waals surface area contributed by atoms with Crippen molar-refractivity contribution < 1.29 is 18.0 Å². The van der Waals surface area contributed by atoms with Crippen molar-refractivity contribution in [2.45, 2.75) is 32.1 Å². The number of anilines is 2. The second kappa shape index (κ2) is 9.92. The molecule has 1 aliphatic heterocycles. The number of fused-ring (bicyclic) bond motifs is 3. The summed E-state index contributed by atoms with van der Waals surface area (Å²) in [4.78, 5) is 25.9. The van der Waals surface area contributed by atoms with Gasteiger partial charge < -0.3 is 10.6 Å². The second-order valence-electron chi connectivity index (χ2n) is 8.91. The molecule has 0 atom stereocenters. The molecule has 35 heavy (non-hydrogen) atoms. The molecule has 3 aromatic rings. The fraction of sp³-hybridized carbons (Fsp3) is 0.259. The zero-order valence-corrected chi connectivity index (χ0v) is 20.9. The van der Waals surface area contributed by atoms with Gasteiger partial charge >= 0.3 is 0 Å². The minimum Gasteiger partial charge on any atom is -0.352 e. The topological polar surface area (TPSA) is 95.6 Å². The van der Waals surface area contributed by atoms with Crippen LogP contribution in [-0.4, -0.2) is 33.3 Å². The van der Waals surface area contributed by atoms with Crippen LogP contribution in [0.4, 0.5) is 11.4 Å². The summed E-state index contributed by atoms with van der Waals surface area (Å²) in [6.45, 7) is 6.10. The van der Waals surface area contributed by atoms with E-state index in [0.717, 1.165) is 21.9 Å². The third kappa shape index (κ3) is 4.93. The smallest absolute Gasteiger partial charge is 0.265 e. The van der Waals surface area contributed by atoms with Crippen molar-refractivity contribution in [2.24, 2.45) is 5.92 Å². The van der Waals surface area contributed by atoms with Crippen molar-refractivity contribution >= 4 is 33.2 Å². The van der Waals surface area contributed by atoms with Gasteiger partial charge in [0.1, 0.15) is 6.54 Å². The summed E-state index contributed by atoms with van der Waals surface area (Å²) in [5.74, 6) is -0.560. The molecule has 7 nitrogen and oxygen atoms in total. The van der Waals surface area contributed by atoms with Crippen molar-refractivity contribution in [2.75, 3.05) is 22.7 Å². The van der Waals surface area contributed by atoms with Gasteiger partial charge in [0.15, 0.2) is 0 Å². The number of nitrogens with zero attached hydrogens (tertiary/aromatic N) is 1. The van der Waals surface area contributed by atoms with Gasteiger partial charge in [-0.1, -0.05) is 57.2 Å². The molecule has 3 aromatic carbocycles. The maximum absolute atomic E-state index is 13.5. The van der Waals surface area contributed by atoms with Gasteiger partial charge in [-0.05, 0) is 48.2 Å². The Labute approximate surface area is 206 Å². The number of hydrogen-bond donors (Lipinski definition) is 2. The van der Waals surface area contributed by atoms with Gasteiger partial charge in [-0.15, -0.1) is 0 Å². The molecule has 0 spiro atoms. The number of benzene rings is 3. The molecule has 2 amide bonds. The van der Waals surface area contributed by atoms with Gasteiger partial charge in [0.25, 0.3) is 15.9 Å². The molecular weight excluding hydrogens is 462 g/mol. The Morgan fingerprint density at radius 2 is 1.66 bits per heavy atom. The molecule has 0 fully saturated rings. The molecule has 182 valence electrons. The highest BCUT2D eigenvalue weighted by atomic mass is 32.2. The number of aryl methyl sites for hydroxylation is 1. The van der Waals surface area contributed by atoms with Crippen LogP contribution in [0.25, 0.3) is 11.1 Å². The molecule has 0 unspecified atom stereocenters. The summed E-state index contributed by atoms with van der Waals surface area (Å²) >= 11 is 0. The number of carbonyl (C=O) groups is 2. The molecule has 0 bridgehead atoms. The zero-order chi connectivity index (χ0) is 25.2. The van der Waals surface area contributed by atoms with E-state index in [4.69, 9.17) is 0 Å². The predicted molar refractivity (Wildman–Crippen MR) is 138 cm³/mol. The molecule has 0 saturated carbocycles. The molecular formula is C27H29N3O4S. The molecule has 1 heterocycles. The third-order valence-corrected chi connectivity index (χ3v) is 7.70. The first kappa shape index (κ1) is 24.5. The highest BCUT2D eigenvalue weighted by Gasteiger charge is 2.36. The fourth-order valence-corrected chi connectivity index (χ4v) is 5.72. The average molecular weight is 492 g/mol. The van der Waals surface area contributed by atoms with Crippen molar-refractivity contribution in [3.05, 3.63) is 77.9 Å². The Bertz CT molecular complexity index is 1380. The lowest BCUT2D eigenvalue weighted by Gasteiger charge is -2.32. The summed E-state index contributed by atoms with van der Waals surface area (Å²) in [5, 5.41) is 5.58. The lowest BCUT2D eigenvalue weighted by molar-refractivity contribution is -0.114. The maximum atomic E-state index is 13.5. The lowest BCUT2D eigenvalue weighted by atomic mass is 9.99. The number of rotatable bonds is 7. The zero-order valence-electron chi connectivity index (χ0n) is 20.0. The van der Waals surface area contributed by atoms with Crippen molar-refractivity contribution in [3.8, 4) is 11.1 Å². The third-order valence-electron chi connectivity index (χ3n) is 5.89. The summed E-state index contributed by atoms with van der Waals surface area (Å²) in [6, 6.07) is 19.1. The Morgan fingerprint density at radius 1 is 0.943 bits per heavy atom. The van der Waals surface area contributed by atoms with Crippen LogP contribution in [0.5, 0.6) is 0 Å². The summed E-state index contributed by atoms with van der Waals surface area (Å²) in [7, 11) is -3.95. The first-order valence-electron chi connectivity index (χ1n) is 11.6. The Morgan fingerprint density at radius 3 is 2.40 bits per heavy atom. The highest BCUT2D eigenvalue weighted by Crippen LogP contribution is 2.43. The van der Waals surface area contributed by atoms with Gasteiger partial charge in [-0.25, -0.2) is 8.42 Å². The summed E-state index contributed by atoms with van der Waals surface area (Å²) in [5.41, 5.74) is 3.58. The van der Waals surface area contributed by atoms with Crippen molar-refractivity contribution in [1.29, 1.82) is 0 Å². The van der Waals surface area contributed by atoms with Gasteiger partial charge in [0, 0.05) is 17.7 Å². The molecule has 0 saturated heterocycles. The first-order chi connectivity index (χ1) is 16.7. The summed E-state index contributed by atoms with van der Waals surface area (Å²) < 4.78 is 28.2. The first-order valence-corrected chi connectivity index (χ1v) is 13.1. The number of carbonyl (C=O) groups excluding carboxylic acids is 2. The highest BCUT2D eigenvalue weighted by molar-refractivity contribution is 7.93. The number of sulfonamides is 1. The van der Waals surface area contributed by atoms with E-state index in [1.165, 1.54) is 0 Å². The van der Waals surface area contributed by atoms with Gasteiger partial charge in [-0.3, -0.25) is 13.9 Å². The molecule has 0 radical (unpaired) electrons. The van der Waals surface area contributed by atoms with Crippen LogP contribution in [0.2, 0.25) is 0 Å². The van der Waals surface area contributed by atoms with E-state index in [9.17, 15) is 18.0 Å². The van der Waals surface area contributed by atoms with E-state index >= 15 is 0 Å². The van der Waals surface area contributed by atoms with Crippen LogP contribution in [0.3, 0.4) is 0 Å². The van der Waals surface area contributed by atoms with Crippen molar-refractivity contribution in [1.82, 2.24) is 5.32 Å². The predicted octanol–water partition coefficient (Wildman–Crippen LogP) is 4.45. The maximum Gasteiger partial charge on any atom is 0.265 e. The molecule has 8 heteroatoms. The SMILES string of the molecule is CCc1ccc2c(c1)-c1ccccc1S(=O)(=O)N2CC(=O)Nc1ccccc1C(=O)NCC(C)C. The van der Waals surface area contributed by atoms with Crippen LogP contribution in [0, 0.1) is 5.92 Å². The monoisotopic (exact) mass is 491 g/mol. The van der Waals surface area contributed by atoms with Crippen LogP contribution in [0.15, 0.2) is 71.6 Å². The van der Waals surface area contributed by atoms with E-state index in [0.29, 0.717) is 29.0 Å². The average Bonchev–Trinajstić information content (AvgIpc) is 2.85. The van der Waals surface area contributed by atoms with E-state index < -0.39 is 22.5 Å². The van der Waals surface area contributed by atoms with Gasteiger partial charge in [0.2, 0.25) is 5.91 Å². The number of nitrogens with one attached hydrogen (secondary N) is 2. The Hall–Kier alpha value is -3.65. The Kier molecular flexibility index (Phi) is 6.93. The van der Waals surface area contributed by atoms with Gasteiger partial charge in [-0.2, -0.15) is 0 Å². The molecule has 4 rings (SSSR count). The molecule has 1 aliphatic rings. The van der Waals surface area contributed by atoms with Crippen molar-refractivity contribution in [3.63, 3.8) is 0 Å². The molecule has 2 N–H and O–H groups in total. The van der Waals surface area contributed by atoms with E-state index in [2.05, 4.69) is 10.6 Å². The van der Waals surface area contributed by atoms with E-state index in [1.54, 1.807) is 54.6 Å². The summed E-state index contributed by atoms with van der Waals surface area (Å²) in [6.07, 6.45) is 0.804. The van der Waals surface area contributed by atoms with Crippen LogP contribution in [0.1, 0.15) is 36.7 Å². The van der Waals surface area contributed by atoms with Gasteiger partial charge in [0.05, 0.1) is 21.8 Å². The number of amides is 2. The fourth-order valence-electron chi connectivity index (χ4n) is 4.07. The van der Waals surface area contributed by atoms with E-state index in [1.807, 2.05) is 32.9 Å². The van der Waals surface area contributed by atoms with Crippen LogP contribution < -0.4 is 14.9 Å². The lowest BCUT2D eigenvalue weighted by Crippen LogP contribution is -2.40. The van der Waals surface area contributed by atoms with E-state index in [-0.39, 0.29) is 16.7 Å². The molecule has 0 aliphatic carbocycles. The molecule has 0 aromatic heterocycles. The number of hydrogen-bond acceptors (Lipinski definition) is 4. The second-order valence-corrected chi connectivity index (χ2v) is 10.7.